The smallest absolute Gasteiger partial charge is 0.278 e. The highest BCUT2D eigenvalue weighted by Crippen LogP contribution is 1.75. The molecule has 1 heterocycles. The molecule has 0 aliphatic carbocycles. The zero-order chi connectivity index (χ0) is 5.11. The molecule has 1 N–H and O–H groups in total. The Balaban J connectivity index is 2.47. The van der Waals surface area contributed by atoms with Gasteiger partial charge in [-0.3, -0.25) is 4.79 Å². The van der Waals surface area contributed by atoms with Gasteiger partial charge in [0.2, 0.25) is 0 Å². The molecular weight excluding hydrogens is 96.0 g/mol. The first-order valence-electron chi connectivity index (χ1n) is 1.81. The molecule has 1 rings (SSSR count). The van der Waals surface area contributed by atoms with Crippen LogP contribution < -0.4 is 5.43 Å². The number of hydrazone groups is 1. The van der Waals surface area contributed by atoms with Gasteiger partial charge in [-0.1, -0.05) is 0 Å². The Morgan fingerprint density at radius 1 is 2.00 bits per heavy atom. The topological polar surface area (TPSA) is 50.7 Å². The number of amides is 1. The molecule has 4 nitrogen and oxygen atoms in total. The maximum atomic E-state index is 10.1. The molecule has 4 heteroatoms. The summed E-state index contributed by atoms with van der Waals surface area (Å²) in [6.07, 6.45) is 1.20. The molecular formula is C3H4N2O2. The quantitative estimate of drug-likeness (QED) is 0.428. The molecule has 0 fully saturated rings. The average Bonchev–Trinajstić information content (AvgIpc) is 1.69. The van der Waals surface area contributed by atoms with Crippen molar-refractivity contribution in [3.05, 3.63) is 0 Å². The Kier molecular flexibility index (Phi) is 0.934. The zero-order valence-electron chi connectivity index (χ0n) is 3.55. The van der Waals surface area contributed by atoms with Crippen molar-refractivity contribution in [2.45, 2.75) is 0 Å². The van der Waals surface area contributed by atoms with Crippen LogP contribution in [0.4, 0.5) is 0 Å². The lowest BCUT2D eigenvalue weighted by Crippen LogP contribution is -2.26. The predicted octanol–water partition coefficient (Wildman–Crippen LogP) is -0.924. The van der Waals surface area contributed by atoms with E-state index in [1.165, 1.54) is 6.40 Å². The van der Waals surface area contributed by atoms with Gasteiger partial charge < -0.3 is 4.74 Å². The first-order valence-corrected chi connectivity index (χ1v) is 1.81. The summed E-state index contributed by atoms with van der Waals surface area (Å²) in [6, 6.07) is 0. The van der Waals surface area contributed by atoms with E-state index in [-0.39, 0.29) is 12.5 Å². The van der Waals surface area contributed by atoms with Crippen LogP contribution in [0.3, 0.4) is 0 Å². The molecule has 0 aromatic heterocycles. The van der Waals surface area contributed by atoms with Gasteiger partial charge in [0.1, 0.15) is 0 Å². The summed E-state index contributed by atoms with van der Waals surface area (Å²) < 4.78 is 4.48. The van der Waals surface area contributed by atoms with Crippen LogP contribution in [0.2, 0.25) is 0 Å². The third-order valence-electron chi connectivity index (χ3n) is 0.531. The molecule has 1 amide bonds. The lowest BCUT2D eigenvalue weighted by atomic mass is 10.7. The fraction of sp³-hybridized carbons (Fsp3) is 0.333. The van der Waals surface area contributed by atoms with Gasteiger partial charge in [-0.15, -0.1) is 5.10 Å². The molecule has 0 bridgehead atoms. The standard InChI is InChI=1S/C3H4N2O2/c6-3-1-7-2-4-5-3/h2H,1H2,(H,5,6). The summed E-state index contributed by atoms with van der Waals surface area (Å²) in [5.74, 6) is -0.206. The number of hydrogen-bond acceptors (Lipinski definition) is 3. The second kappa shape index (κ2) is 1.59. The molecule has 1 aliphatic heterocycles. The summed E-state index contributed by atoms with van der Waals surface area (Å²) in [7, 11) is 0. The highest BCUT2D eigenvalue weighted by molar-refractivity contribution is 5.80. The molecule has 0 atom stereocenters. The number of rotatable bonds is 0. The van der Waals surface area contributed by atoms with Crippen molar-refractivity contribution in [1.82, 2.24) is 5.43 Å². The first-order chi connectivity index (χ1) is 3.39. The second-order valence-electron chi connectivity index (χ2n) is 1.08. The number of nitrogens with one attached hydrogen (secondary N) is 1. The van der Waals surface area contributed by atoms with E-state index in [1.54, 1.807) is 0 Å². The highest BCUT2D eigenvalue weighted by atomic mass is 16.5. The number of carbonyl (C=O) groups is 1. The molecule has 0 radical (unpaired) electrons. The molecule has 0 spiro atoms. The van der Waals surface area contributed by atoms with E-state index in [1.807, 2.05) is 0 Å². The minimum Gasteiger partial charge on any atom is -0.472 e. The van der Waals surface area contributed by atoms with Crippen molar-refractivity contribution in [1.29, 1.82) is 0 Å². The summed E-state index contributed by atoms with van der Waals surface area (Å²) in [5.41, 5.74) is 2.19. The summed E-state index contributed by atoms with van der Waals surface area (Å²) in [6.45, 7) is 0.0868. The Labute approximate surface area is 40.2 Å². The third-order valence-corrected chi connectivity index (χ3v) is 0.531. The van der Waals surface area contributed by atoms with Crippen molar-refractivity contribution in [2.75, 3.05) is 6.61 Å². The van der Waals surface area contributed by atoms with E-state index in [9.17, 15) is 4.79 Å². The number of nitrogens with zero attached hydrogens (tertiary/aromatic N) is 1. The van der Waals surface area contributed by atoms with Gasteiger partial charge in [-0.25, -0.2) is 5.43 Å². The SMILES string of the molecule is O=C1COC=NN1. The maximum Gasteiger partial charge on any atom is 0.278 e. The van der Waals surface area contributed by atoms with E-state index in [0.717, 1.165) is 0 Å². The van der Waals surface area contributed by atoms with Gasteiger partial charge in [0.05, 0.1) is 0 Å². The van der Waals surface area contributed by atoms with E-state index in [0.29, 0.717) is 0 Å². The Bertz CT molecular complexity index is 110. The Morgan fingerprint density at radius 3 is 3.14 bits per heavy atom. The van der Waals surface area contributed by atoms with Crippen molar-refractivity contribution >= 4 is 12.3 Å². The molecule has 0 aromatic carbocycles. The van der Waals surface area contributed by atoms with Crippen LogP contribution in [0.1, 0.15) is 0 Å². The van der Waals surface area contributed by atoms with Gasteiger partial charge in [0.15, 0.2) is 13.0 Å². The molecule has 0 aromatic rings. The van der Waals surface area contributed by atoms with E-state index >= 15 is 0 Å². The van der Waals surface area contributed by atoms with Crippen molar-refractivity contribution in [3.8, 4) is 0 Å². The van der Waals surface area contributed by atoms with Crippen molar-refractivity contribution in [2.24, 2.45) is 5.10 Å². The Morgan fingerprint density at radius 2 is 2.86 bits per heavy atom. The summed E-state index contributed by atoms with van der Waals surface area (Å²) in [5, 5.41) is 3.31. The lowest BCUT2D eigenvalue weighted by molar-refractivity contribution is -0.124. The monoisotopic (exact) mass is 100 g/mol. The van der Waals surface area contributed by atoms with Crippen LogP contribution in [-0.2, 0) is 9.53 Å². The minimum atomic E-state index is -0.206. The highest BCUT2D eigenvalue weighted by Gasteiger charge is 2.00. The average molecular weight is 100 g/mol. The van der Waals surface area contributed by atoms with E-state index in [2.05, 4.69) is 15.3 Å². The van der Waals surface area contributed by atoms with Crippen LogP contribution in [0.15, 0.2) is 5.10 Å². The Hall–Kier alpha value is -1.06. The predicted molar refractivity (Wildman–Crippen MR) is 22.6 cm³/mol. The van der Waals surface area contributed by atoms with Crippen LogP contribution in [0.25, 0.3) is 0 Å². The fourth-order valence-electron chi connectivity index (χ4n) is 0.281. The van der Waals surface area contributed by atoms with Gasteiger partial charge in [0.25, 0.3) is 5.91 Å². The van der Waals surface area contributed by atoms with Gasteiger partial charge >= 0.3 is 0 Å². The summed E-state index contributed by atoms with van der Waals surface area (Å²) >= 11 is 0. The van der Waals surface area contributed by atoms with Gasteiger partial charge in [0, 0.05) is 0 Å². The number of hydrogen-bond donors (Lipinski definition) is 1. The van der Waals surface area contributed by atoms with Crippen molar-refractivity contribution in [3.63, 3.8) is 0 Å². The second-order valence-corrected chi connectivity index (χ2v) is 1.08. The van der Waals surface area contributed by atoms with Crippen LogP contribution >= 0.6 is 0 Å². The minimum absolute atomic E-state index is 0.0868. The third kappa shape index (κ3) is 0.887. The van der Waals surface area contributed by atoms with Crippen LogP contribution in [0, 0.1) is 0 Å². The first kappa shape index (κ1) is 4.11. The van der Waals surface area contributed by atoms with Gasteiger partial charge in [-0.2, -0.15) is 0 Å². The molecule has 38 valence electrons. The fourth-order valence-corrected chi connectivity index (χ4v) is 0.281. The number of carbonyl (C=O) groups excluding carboxylic acids is 1. The lowest BCUT2D eigenvalue weighted by Gasteiger charge is -2.02. The normalized spacial score (nSPS) is 18.0. The van der Waals surface area contributed by atoms with E-state index < -0.39 is 0 Å². The van der Waals surface area contributed by atoms with E-state index in [4.69, 9.17) is 0 Å². The molecule has 7 heavy (non-hydrogen) atoms. The van der Waals surface area contributed by atoms with Gasteiger partial charge in [-0.05, 0) is 0 Å². The molecule has 0 saturated carbocycles. The van der Waals surface area contributed by atoms with Crippen LogP contribution in [0.5, 0.6) is 0 Å². The largest absolute Gasteiger partial charge is 0.472 e. The molecule has 1 aliphatic rings. The van der Waals surface area contributed by atoms with Crippen molar-refractivity contribution < 1.29 is 9.53 Å². The summed E-state index contributed by atoms with van der Waals surface area (Å²) in [4.78, 5) is 10.1. The molecule has 0 saturated heterocycles. The maximum absolute atomic E-state index is 10.1. The zero-order valence-corrected chi connectivity index (χ0v) is 3.55. The number of ether oxygens (including phenoxy) is 1. The van der Waals surface area contributed by atoms with Crippen LogP contribution in [-0.4, -0.2) is 18.9 Å². The molecule has 0 unspecified atom stereocenters.